The number of nitrogens with two attached hydrogens (primary N) is 1. The maximum Gasteiger partial charge on any atom is 0.138 e. The lowest BCUT2D eigenvalue weighted by atomic mass is 9.84. The van der Waals surface area contributed by atoms with Gasteiger partial charge in [0.1, 0.15) is 12.2 Å². The number of hydrogen-bond donors (Lipinski definition) is 2. The zero-order chi connectivity index (χ0) is 14.4. The summed E-state index contributed by atoms with van der Waals surface area (Å²) in [4.78, 5) is 4.33. The van der Waals surface area contributed by atoms with E-state index in [1.807, 2.05) is 11.6 Å². The molecule has 2 heterocycles. The summed E-state index contributed by atoms with van der Waals surface area (Å²) in [7, 11) is 0. The molecule has 1 aliphatic heterocycles. The number of hydrogen-bond acceptors (Lipinski definition) is 6. The van der Waals surface area contributed by atoms with Crippen LogP contribution in [0, 0.1) is 0 Å². The molecule has 114 valence electrons. The lowest BCUT2D eigenvalue weighted by molar-refractivity contribution is -0.127. The van der Waals surface area contributed by atoms with Crippen molar-refractivity contribution in [1.82, 2.24) is 20.2 Å². The van der Waals surface area contributed by atoms with Crippen LogP contribution in [0.25, 0.3) is 0 Å². The van der Waals surface area contributed by atoms with Crippen molar-refractivity contribution in [3.8, 4) is 0 Å². The zero-order valence-electron chi connectivity index (χ0n) is 12.3. The summed E-state index contributed by atoms with van der Waals surface area (Å²) in [6.07, 6.45) is 3.97. The molecule has 1 fully saturated rings. The second-order valence-corrected chi connectivity index (χ2v) is 5.03. The smallest absolute Gasteiger partial charge is 0.138 e. The largest absolute Gasteiger partial charge is 0.381 e. The molecule has 0 radical (unpaired) electrons. The van der Waals surface area contributed by atoms with Gasteiger partial charge in [-0.25, -0.2) is 4.98 Å². The number of hydrazine groups is 1. The van der Waals surface area contributed by atoms with Crippen LogP contribution < -0.4 is 11.3 Å². The lowest BCUT2D eigenvalue weighted by Crippen LogP contribution is -2.58. The van der Waals surface area contributed by atoms with Gasteiger partial charge in [0.05, 0.1) is 11.6 Å². The molecule has 1 aromatic heterocycles. The van der Waals surface area contributed by atoms with Crippen LogP contribution in [0.4, 0.5) is 0 Å². The van der Waals surface area contributed by atoms with Crippen LogP contribution in [0.5, 0.6) is 0 Å². The van der Waals surface area contributed by atoms with E-state index in [1.54, 1.807) is 6.33 Å². The first-order valence-corrected chi connectivity index (χ1v) is 7.30. The van der Waals surface area contributed by atoms with Gasteiger partial charge in [0.2, 0.25) is 0 Å². The van der Waals surface area contributed by atoms with Crippen molar-refractivity contribution in [2.45, 2.75) is 51.3 Å². The molecule has 0 saturated carbocycles. The molecule has 0 bridgehead atoms. The van der Waals surface area contributed by atoms with E-state index in [4.69, 9.17) is 15.3 Å². The Labute approximate surface area is 119 Å². The first-order valence-electron chi connectivity index (χ1n) is 7.30. The minimum atomic E-state index is -0.285. The molecule has 0 aromatic carbocycles. The minimum Gasteiger partial charge on any atom is -0.381 e. The Kier molecular flexibility index (Phi) is 5.47. The summed E-state index contributed by atoms with van der Waals surface area (Å²) in [5.41, 5.74) is 2.64. The number of nitrogens with zero attached hydrogens (tertiary/aromatic N) is 3. The predicted molar refractivity (Wildman–Crippen MR) is 74.9 cm³/mol. The predicted octanol–water partition coefficient (Wildman–Crippen LogP) is 0.258. The van der Waals surface area contributed by atoms with Gasteiger partial charge in [-0.3, -0.25) is 16.0 Å². The van der Waals surface area contributed by atoms with Gasteiger partial charge in [0, 0.05) is 45.6 Å². The van der Waals surface area contributed by atoms with Crippen molar-refractivity contribution in [1.29, 1.82) is 0 Å². The number of ether oxygens (including phenoxy) is 2. The van der Waals surface area contributed by atoms with E-state index in [0.717, 1.165) is 25.2 Å². The summed E-state index contributed by atoms with van der Waals surface area (Å²) < 4.78 is 13.4. The molecule has 0 aliphatic carbocycles. The van der Waals surface area contributed by atoms with Crippen molar-refractivity contribution in [3.63, 3.8) is 0 Å². The Balaban J connectivity index is 2.15. The zero-order valence-corrected chi connectivity index (χ0v) is 12.3. The Morgan fingerprint density at radius 2 is 2.25 bits per heavy atom. The van der Waals surface area contributed by atoms with Gasteiger partial charge >= 0.3 is 0 Å². The molecule has 1 saturated heterocycles. The molecule has 2 rings (SSSR count). The number of aryl methyl sites for hydroxylation is 1. The van der Waals surface area contributed by atoms with Crippen molar-refractivity contribution in [2.75, 3.05) is 19.8 Å². The van der Waals surface area contributed by atoms with Gasteiger partial charge in [0.15, 0.2) is 0 Å². The molecular weight excluding hydrogens is 258 g/mol. The van der Waals surface area contributed by atoms with Crippen LogP contribution in [0.3, 0.4) is 0 Å². The quantitative estimate of drug-likeness (QED) is 0.551. The number of rotatable bonds is 7. The van der Waals surface area contributed by atoms with E-state index in [9.17, 15) is 0 Å². The summed E-state index contributed by atoms with van der Waals surface area (Å²) >= 11 is 0. The molecule has 20 heavy (non-hydrogen) atoms. The molecule has 7 nitrogen and oxygen atoms in total. The molecule has 1 aliphatic rings. The minimum absolute atomic E-state index is 0.000787. The molecule has 0 spiro atoms. The SMILES string of the molecule is CCOC1(C(Cc2ncnn2CC)NN)CCOCC1. The van der Waals surface area contributed by atoms with E-state index >= 15 is 0 Å². The average molecular weight is 283 g/mol. The topological polar surface area (TPSA) is 87.2 Å². The van der Waals surface area contributed by atoms with Crippen LogP contribution in [0.1, 0.15) is 32.5 Å². The number of nitrogens with one attached hydrogen (secondary N) is 1. The van der Waals surface area contributed by atoms with Crippen LogP contribution in [0.2, 0.25) is 0 Å². The highest BCUT2D eigenvalue weighted by Crippen LogP contribution is 2.30. The molecule has 1 aromatic rings. The van der Waals surface area contributed by atoms with Crippen LogP contribution in [0.15, 0.2) is 6.33 Å². The molecule has 0 amide bonds. The van der Waals surface area contributed by atoms with E-state index in [-0.39, 0.29) is 11.6 Å². The summed E-state index contributed by atoms with van der Waals surface area (Å²) in [6, 6.07) is 0.000787. The average Bonchev–Trinajstić information content (AvgIpc) is 2.93. The lowest BCUT2D eigenvalue weighted by Gasteiger charge is -2.42. The van der Waals surface area contributed by atoms with Crippen molar-refractivity contribution < 1.29 is 9.47 Å². The highest BCUT2D eigenvalue weighted by Gasteiger charge is 2.41. The number of aromatic nitrogens is 3. The van der Waals surface area contributed by atoms with Crippen LogP contribution in [-0.2, 0) is 22.4 Å². The van der Waals surface area contributed by atoms with Crippen molar-refractivity contribution in [3.05, 3.63) is 12.2 Å². The highest BCUT2D eigenvalue weighted by molar-refractivity contribution is 5.00. The van der Waals surface area contributed by atoms with E-state index in [2.05, 4.69) is 22.4 Å². The van der Waals surface area contributed by atoms with Gasteiger partial charge in [-0.2, -0.15) is 5.10 Å². The fourth-order valence-corrected chi connectivity index (χ4v) is 2.89. The van der Waals surface area contributed by atoms with Crippen LogP contribution in [-0.4, -0.2) is 46.2 Å². The highest BCUT2D eigenvalue weighted by atomic mass is 16.5. The Morgan fingerprint density at radius 1 is 1.50 bits per heavy atom. The van der Waals surface area contributed by atoms with Crippen LogP contribution >= 0.6 is 0 Å². The summed E-state index contributed by atoms with van der Waals surface area (Å²) in [5.74, 6) is 6.73. The van der Waals surface area contributed by atoms with Gasteiger partial charge in [-0.05, 0) is 13.8 Å². The Morgan fingerprint density at radius 3 is 2.85 bits per heavy atom. The van der Waals surface area contributed by atoms with Gasteiger partial charge in [0.25, 0.3) is 0 Å². The molecule has 3 N–H and O–H groups in total. The van der Waals surface area contributed by atoms with Crippen molar-refractivity contribution in [2.24, 2.45) is 5.84 Å². The fourth-order valence-electron chi connectivity index (χ4n) is 2.89. The van der Waals surface area contributed by atoms with E-state index in [0.29, 0.717) is 26.2 Å². The normalized spacial score (nSPS) is 19.9. The Bertz CT molecular complexity index is 398. The first-order chi connectivity index (χ1) is 9.75. The molecule has 1 atom stereocenters. The monoisotopic (exact) mass is 283 g/mol. The fraction of sp³-hybridized carbons (Fsp3) is 0.846. The molecular formula is C13H25N5O2. The molecule has 7 heteroatoms. The summed E-state index contributed by atoms with van der Waals surface area (Å²) in [5, 5.41) is 4.21. The third-order valence-corrected chi connectivity index (χ3v) is 3.99. The third kappa shape index (κ3) is 3.17. The standard InChI is InChI=1S/C13H25N5O2/c1-3-18-12(15-10-16-18)9-11(17-14)13(20-4-2)5-7-19-8-6-13/h10-11,17H,3-9,14H2,1-2H3. The summed E-state index contributed by atoms with van der Waals surface area (Å²) in [6.45, 7) is 6.95. The maximum absolute atomic E-state index is 6.07. The van der Waals surface area contributed by atoms with E-state index < -0.39 is 0 Å². The van der Waals surface area contributed by atoms with Gasteiger partial charge in [-0.1, -0.05) is 0 Å². The van der Waals surface area contributed by atoms with Crippen molar-refractivity contribution >= 4 is 0 Å². The second-order valence-electron chi connectivity index (χ2n) is 5.03. The Hall–Kier alpha value is -1.02. The second kappa shape index (κ2) is 7.12. The first kappa shape index (κ1) is 15.4. The maximum atomic E-state index is 6.07. The van der Waals surface area contributed by atoms with Gasteiger partial charge < -0.3 is 9.47 Å². The van der Waals surface area contributed by atoms with Gasteiger partial charge in [-0.15, -0.1) is 0 Å². The third-order valence-electron chi connectivity index (χ3n) is 3.99. The van der Waals surface area contributed by atoms with E-state index in [1.165, 1.54) is 0 Å². The molecule has 1 unspecified atom stereocenters.